The number of rotatable bonds is 5. The number of β-amino-alcohol motifs (C(OH)–C–C–N with tert-alkyl or cyclic N) is 1. The standard InChI is InChI=1S/C16H21N5O2/c1-12-4-2-3-5-13(12)8-17-15(22)10-21-7-6-16(23,11-21)14-9-18-20-19-14/h2-5,9,23H,6-8,10-11H2,1H3,(H,17,22)(H,18,19,20)/t16-/m1/s1. The van der Waals surface area contributed by atoms with Crippen LogP contribution in [0.5, 0.6) is 0 Å². The molecule has 2 aromatic rings. The molecule has 0 unspecified atom stereocenters. The van der Waals surface area contributed by atoms with Gasteiger partial charge in [0, 0.05) is 19.6 Å². The van der Waals surface area contributed by atoms with E-state index >= 15 is 0 Å². The molecule has 0 radical (unpaired) electrons. The molecule has 1 aromatic heterocycles. The van der Waals surface area contributed by atoms with Gasteiger partial charge >= 0.3 is 0 Å². The highest BCUT2D eigenvalue weighted by molar-refractivity contribution is 5.78. The van der Waals surface area contributed by atoms with E-state index in [-0.39, 0.29) is 12.5 Å². The van der Waals surface area contributed by atoms with Crippen molar-refractivity contribution < 1.29 is 9.90 Å². The molecule has 1 saturated heterocycles. The number of nitrogens with one attached hydrogen (secondary N) is 2. The molecule has 1 amide bonds. The average molecular weight is 315 g/mol. The Labute approximate surface area is 134 Å². The second-order valence-electron chi connectivity index (χ2n) is 6.05. The first kappa shape index (κ1) is 15.6. The number of aryl methyl sites for hydroxylation is 1. The molecule has 1 atom stereocenters. The molecule has 1 aliphatic heterocycles. The monoisotopic (exact) mass is 315 g/mol. The summed E-state index contributed by atoms with van der Waals surface area (Å²) >= 11 is 0. The quantitative estimate of drug-likeness (QED) is 0.739. The van der Waals surface area contributed by atoms with Crippen LogP contribution >= 0.6 is 0 Å². The van der Waals surface area contributed by atoms with Gasteiger partial charge in [0.1, 0.15) is 11.3 Å². The Morgan fingerprint density at radius 3 is 3.04 bits per heavy atom. The molecule has 122 valence electrons. The molecule has 7 heteroatoms. The maximum absolute atomic E-state index is 12.1. The molecule has 3 N–H and O–H groups in total. The highest BCUT2D eigenvalue weighted by atomic mass is 16.3. The van der Waals surface area contributed by atoms with Crippen LogP contribution in [0.25, 0.3) is 0 Å². The van der Waals surface area contributed by atoms with E-state index in [2.05, 4.69) is 20.7 Å². The van der Waals surface area contributed by atoms with Crippen LogP contribution in [0.4, 0.5) is 0 Å². The van der Waals surface area contributed by atoms with E-state index in [0.717, 1.165) is 11.1 Å². The van der Waals surface area contributed by atoms with Gasteiger partial charge in [-0.1, -0.05) is 24.3 Å². The lowest BCUT2D eigenvalue weighted by atomic mass is 10.0. The third-order valence-corrected chi connectivity index (χ3v) is 4.32. The van der Waals surface area contributed by atoms with Crippen LogP contribution in [-0.4, -0.2) is 51.0 Å². The third kappa shape index (κ3) is 3.57. The second kappa shape index (κ2) is 6.47. The van der Waals surface area contributed by atoms with Crippen LogP contribution in [-0.2, 0) is 16.9 Å². The van der Waals surface area contributed by atoms with Gasteiger partial charge in [-0.2, -0.15) is 15.4 Å². The Kier molecular flexibility index (Phi) is 4.40. The van der Waals surface area contributed by atoms with Gasteiger partial charge < -0.3 is 10.4 Å². The molecule has 1 aromatic carbocycles. The molecule has 0 bridgehead atoms. The number of carbonyl (C=O) groups excluding carboxylic acids is 1. The molecule has 1 aliphatic rings. The zero-order valence-electron chi connectivity index (χ0n) is 13.1. The van der Waals surface area contributed by atoms with Crippen molar-refractivity contribution in [1.29, 1.82) is 0 Å². The van der Waals surface area contributed by atoms with Crippen molar-refractivity contribution >= 4 is 5.91 Å². The molecule has 7 nitrogen and oxygen atoms in total. The van der Waals surface area contributed by atoms with Crippen molar-refractivity contribution in [3.63, 3.8) is 0 Å². The summed E-state index contributed by atoms with van der Waals surface area (Å²) in [6.45, 7) is 3.86. The zero-order valence-corrected chi connectivity index (χ0v) is 13.1. The van der Waals surface area contributed by atoms with Crippen molar-refractivity contribution in [2.45, 2.75) is 25.5 Å². The van der Waals surface area contributed by atoms with Crippen LogP contribution in [0.2, 0.25) is 0 Å². The summed E-state index contributed by atoms with van der Waals surface area (Å²) in [6.07, 6.45) is 2.08. The molecule has 1 fully saturated rings. The molecule has 0 aliphatic carbocycles. The van der Waals surface area contributed by atoms with E-state index in [4.69, 9.17) is 0 Å². The number of carbonyl (C=O) groups is 1. The molecule has 0 saturated carbocycles. The maximum atomic E-state index is 12.1. The molecule has 0 spiro atoms. The lowest BCUT2D eigenvalue weighted by Gasteiger charge is -2.20. The summed E-state index contributed by atoms with van der Waals surface area (Å²) in [5, 5.41) is 23.7. The van der Waals surface area contributed by atoms with Crippen LogP contribution in [0.1, 0.15) is 23.2 Å². The Bertz CT molecular complexity index is 673. The highest BCUT2D eigenvalue weighted by Gasteiger charge is 2.40. The van der Waals surface area contributed by atoms with Gasteiger partial charge in [-0.15, -0.1) is 0 Å². The fourth-order valence-corrected chi connectivity index (χ4v) is 2.90. The largest absolute Gasteiger partial charge is 0.382 e. The summed E-state index contributed by atoms with van der Waals surface area (Å²) in [5.41, 5.74) is 1.78. The normalized spacial score (nSPS) is 21.5. The van der Waals surface area contributed by atoms with Crippen molar-refractivity contribution in [2.24, 2.45) is 0 Å². The number of H-pyrrole nitrogens is 1. The zero-order chi connectivity index (χ0) is 16.3. The summed E-state index contributed by atoms with van der Waals surface area (Å²) in [5.74, 6) is -0.0438. The van der Waals surface area contributed by atoms with Crippen molar-refractivity contribution in [3.05, 3.63) is 47.3 Å². The number of amides is 1. The summed E-state index contributed by atoms with van der Waals surface area (Å²) in [7, 11) is 0. The molecule has 3 rings (SSSR count). The van der Waals surface area contributed by atoms with Crippen molar-refractivity contribution in [2.75, 3.05) is 19.6 Å². The maximum Gasteiger partial charge on any atom is 0.234 e. The van der Waals surface area contributed by atoms with E-state index in [1.807, 2.05) is 36.1 Å². The first-order valence-corrected chi connectivity index (χ1v) is 7.69. The minimum Gasteiger partial charge on any atom is -0.382 e. The summed E-state index contributed by atoms with van der Waals surface area (Å²) in [6, 6.07) is 7.98. The minimum absolute atomic E-state index is 0.0438. The Hall–Kier alpha value is -2.25. The van der Waals surface area contributed by atoms with E-state index < -0.39 is 5.60 Å². The number of benzene rings is 1. The smallest absolute Gasteiger partial charge is 0.234 e. The van der Waals surface area contributed by atoms with Crippen molar-refractivity contribution in [3.8, 4) is 0 Å². The average Bonchev–Trinajstić information content (AvgIpc) is 3.17. The number of aliphatic hydroxyl groups is 1. The number of likely N-dealkylation sites (tertiary alicyclic amines) is 1. The SMILES string of the molecule is Cc1ccccc1CNC(=O)CN1CC[C@](O)(c2cn[nH]n2)C1. The summed E-state index contributed by atoms with van der Waals surface area (Å²) < 4.78 is 0. The van der Waals surface area contributed by atoms with E-state index in [0.29, 0.717) is 31.7 Å². The van der Waals surface area contributed by atoms with Crippen molar-refractivity contribution in [1.82, 2.24) is 25.6 Å². The Morgan fingerprint density at radius 2 is 2.30 bits per heavy atom. The van der Waals surface area contributed by atoms with Crippen LogP contribution < -0.4 is 5.32 Å². The molecule has 2 heterocycles. The number of hydrogen-bond acceptors (Lipinski definition) is 5. The highest BCUT2D eigenvalue weighted by Crippen LogP contribution is 2.29. The fourth-order valence-electron chi connectivity index (χ4n) is 2.90. The Morgan fingerprint density at radius 1 is 1.48 bits per heavy atom. The number of nitrogens with zero attached hydrogens (tertiary/aromatic N) is 3. The van der Waals surface area contributed by atoms with Gasteiger partial charge in [-0.3, -0.25) is 9.69 Å². The minimum atomic E-state index is -1.02. The van der Waals surface area contributed by atoms with E-state index in [9.17, 15) is 9.90 Å². The topological polar surface area (TPSA) is 94.1 Å². The third-order valence-electron chi connectivity index (χ3n) is 4.32. The van der Waals surface area contributed by atoms with E-state index in [1.54, 1.807) is 0 Å². The van der Waals surface area contributed by atoms with E-state index in [1.165, 1.54) is 6.20 Å². The first-order chi connectivity index (χ1) is 11.1. The molecule has 23 heavy (non-hydrogen) atoms. The van der Waals surface area contributed by atoms with Gasteiger partial charge in [0.25, 0.3) is 0 Å². The van der Waals surface area contributed by atoms with Gasteiger partial charge in [-0.25, -0.2) is 0 Å². The second-order valence-corrected chi connectivity index (χ2v) is 6.05. The Balaban J connectivity index is 1.50. The predicted octanol–water partition coefficient (Wildman–Crippen LogP) is 0.323. The first-order valence-electron chi connectivity index (χ1n) is 7.69. The van der Waals surface area contributed by atoms with Crippen LogP contribution in [0, 0.1) is 6.92 Å². The van der Waals surface area contributed by atoms with Gasteiger partial charge in [0.05, 0.1) is 12.7 Å². The van der Waals surface area contributed by atoms with Gasteiger partial charge in [-0.05, 0) is 24.5 Å². The lowest BCUT2D eigenvalue weighted by Crippen LogP contribution is -2.38. The van der Waals surface area contributed by atoms with Crippen LogP contribution in [0.15, 0.2) is 30.5 Å². The lowest BCUT2D eigenvalue weighted by molar-refractivity contribution is -0.122. The molecular weight excluding hydrogens is 294 g/mol. The fraction of sp³-hybridized carbons (Fsp3) is 0.438. The predicted molar refractivity (Wildman–Crippen MR) is 84.4 cm³/mol. The van der Waals surface area contributed by atoms with Gasteiger partial charge in [0.15, 0.2) is 0 Å². The molecular formula is C16H21N5O2. The van der Waals surface area contributed by atoms with Crippen LogP contribution in [0.3, 0.4) is 0 Å². The number of aromatic nitrogens is 3. The number of hydrogen-bond donors (Lipinski definition) is 3. The number of aromatic amines is 1. The van der Waals surface area contributed by atoms with Gasteiger partial charge in [0.2, 0.25) is 5.91 Å². The summed E-state index contributed by atoms with van der Waals surface area (Å²) in [4.78, 5) is 14.0.